The van der Waals surface area contributed by atoms with E-state index < -0.39 is 22.9 Å². The number of nitrogens with two attached hydrogens (primary N) is 1. The van der Waals surface area contributed by atoms with Gasteiger partial charge in [0.05, 0.1) is 0 Å². The van der Waals surface area contributed by atoms with Crippen molar-refractivity contribution < 1.29 is 18.3 Å². The number of hydrogen-bond donors (Lipinski definition) is 2. The molecular formula is C11H12F3NO. The van der Waals surface area contributed by atoms with Crippen molar-refractivity contribution in [3.05, 3.63) is 29.6 Å². The van der Waals surface area contributed by atoms with Gasteiger partial charge in [-0.3, -0.25) is 0 Å². The van der Waals surface area contributed by atoms with Gasteiger partial charge in [-0.2, -0.15) is 0 Å². The number of aromatic hydroxyl groups is 1. The summed E-state index contributed by atoms with van der Waals surface area (Å²) >= 11 is 0. The van der Waals surface area contributed by atoms with Crippen molar-refractivity contribution >= 4 is 0 Å². The van der Waals surface area contributed by atoms with E-state index in [4.69, 9.17) is 10.8 Å². The quantitative estimate of drug-likeness (QED) is 0.819. The lowest BCUT2D eigenvalue weighted by molar-refractivity contribution is -0.123. The molecule has 1 aliphatic rings. The van der Waals surface area contributed by atoms with Gasteiger partial charge < -0.3 is 10.8 Å². The highest BCUT2D eigenvalue weighted by atomic mass is 19.3. The Labute approximate surface area is 90.9 Å². The highest BCUT2D eigenvalue weighted by Crippen LogP contribution is 2.53. The first-order chi connectivity index (χ1) is 7.38. The number of phenolic OH excluding ortho intramolecular Hbond substituents is 1. The highest BCUT2D eigenvalue weighted by molar-refractivity contribution is 5.36. The molecule has 2 rings (SSSR count). The summed E-state index contributed by atoms with van der Waals surface area (Å²) in [5.41, 5.74) is 5.07. The number of phenols is 1. The van der Waals surface area contributed by atoms with Crippen LogP contribution in [0.5, 0.6) is 5.75 Å². The highest BCUT2D eigenvalue weighted by Gasteiger charge is 2.56. The molecule has 1 saturated carbocycles. The van der Waals surface area contributed by atoms with Crippen LogP contribution in [-0.2, 0) is 5.41 Å². The van der Waals surface area contributed by atoms with Crippen molar-refractivity contribution in [3.63, 3.8) is 0 Å². The molecule has 0 unspecified atom stereocenters. The van der Waals surface area contributed by atoms with Crippen molar-refractivity contribution in [1.29, 1.82) is 0 Å². The minimum Gasteiger partial charge on any atom is -0.505 e. The molecule has 0 saturated heterocycles. The predicted molar refractivity (Wildman–Crippen MR) is 53.0 cm³/mol. The second kappa shape index (κ2) is 3.38. The Morgan fingerprint density at radius 3 is 2.38 bits per heavy atom. The Morgan fingerprint density at radius 1 is 1.31 bits per heavy atom. The second-order valence-electron chi connectivity index (χ2n) is 4.36. The summed E-state index contributed by atoms with van der Waals surface area (Å²) < 4.78 is 38.9. The van der Waals surface area contributed by atoms with E-state index in [0.29, 0.717) is 5.56 Å². The summed E-state index contributed by atoms with van der Waals surface area (Å²) in [5.74, 6) is -4.00. The van der Waals surface area contributed by atoms with Crippen molar-refractivity contribution in [1.82, 2.24) is 0 Å². The molecule has 5 heteroatoms. The van der Waals surface area contributed by atoms with Crippen LogP contribution in [0.2, 0.25) is 0 Å². The number of hydrogen-bond acceptors (Lipinski definition) is 2. The van der Waals surface area contributed by atoms with Gasteiger partial charge in [0.1, 0.15) is 0 Å². The van der Waals surface area contributed by atoms with Crippen molar-refractivity contribution in [3.8, 4) is 5.75 Å². The zero-order valence-electron chi connectivity index (χ0n) is 8.51. The first-order valence-electron chi connectivity index (χ1n) is 4.95. The molecule has 0 atom stereocenters. The molecule has 0 spiro atoms. The van der Waals surface area contributed by atoms with Gasteiger partial charge in [0.15, 0.2) is 11.6 Å². The smallest absolute Gasteiger partial charge is 0.250 e. The summed E-state index contributed by atoms with van der Waals surface area (Å²) in [6.45, 7) is 0.0484. The van der Waals surface area contributed by atoms with Crippen LogP contribution in [0, 0.1) is 5.82 Å². The van der Waals surface area contributed by atoms with Gasteiger partial charge in [0, 0.05) is 24.8 Å². The zero-order chi connectivity index (χ0) is 12.0. The summed E-state index contributed by atoms with van der Waals surface area (Å²) in [6.07, 6.45) is -0.721. The number of alkyl halides is 2. The topological polar surface area (TPSA) is 46.2 Å². The van der Waals surface area contributed by atoms with E-state index in [-0.39, 0.29) is 19.4 Å². The maximum absolute atomic E-state index is 13.1. The third-order valence-corrected chi connectivity index (χ3v) is 3.14. The maximum atomic E-state index is 13.1. The lowest BCUT2D eigenvalue weighted by atomic mass is 9.62. The zero-order valence-corrected chi connectivity index (χ0v) is 8.51. The largest absolute Gasteiger partial charge is 0.505 e. The molecule has 1 fully saturated rings. The lowest BCUT2D eigenvalue weighted by Gasteiger charge is -2.47. The Balaban J connectivity index is 2.32. The van der Waals surface area contributed by atoms with E-state index in [2.05, 4.69) is 0 Å². The van der Waals surface area contributed by atoms with Crippen LogP contribution in [-0.4, -0.2) is 17.6 Å². The molecule has 0 radical (unpaired) electrons. The third kappa shape index (κ3) is 1.65. The molecule has 3 N–H and O–H groups in total. The normalized spacial score (nSPS) is 21.5. The molecule has 0 amide bonds. The van der Waals surface area contributed by atoms with Gasteiger partial charge in [-0.25, -0.2) is 13.2 Å². The fraction of sp³-hybridized carbons (Fsp3) is 0.455. The molecular weight excluding hydrogens is 219 g/mol. The summed E-state index contributed by atoms with van der Waals surface area (Å²) in [6, 6.07) is 3.69. The number of benzene rings is 1. The Bertz CT molecular complexity index is 412. The van der Waals surface area contributed by atoms with Gasteiger partial charge in [-0.05, 0) is 17.7 Å². The molecule has 0 aliphatic heterocycles. The van der Waals surface area contributed by atoms with Crippen LogP contribution in [0.25, 0.3) is 0 Å². The van der Waals surface area contributed by atoms with E-state index in [9.17, 15) is 13.2 Å². The van der Waals surface area contributed by atoms with Crippen LogP contribution >= 0.6 is 0 Å². The van der Waals surface area contributed by atoms with Crippen LogP contribution in [0.3, 0.4) is 0 Å². The second-order valence-corrected chi connectivity index (χ2v) is 4.36. The minimum absolute atomic E-state index is 0.0484. The summed E-state index contributed by atoms with van der Waals surface area (Å²) in [4.78, 5) is 0. The molecule has 0 bridgehead atoms. The van der Waals surface area contributed by atoms with Gasteiger partial charge in [-0.15, -0.1) is 0 Å². The van der Waals surface area contributed by atoms with E-state index in [1.807, 2.05) is 0 Å². The molecule has 88 valence electrons. The summed E-state index contributed by atoms with van der Waals surface area (Å²) in [5, 5.41) is 9.02. The van der Waals surface area contributed by atoms with Crippen LogP contribution < -0.4 is 5.73 Å². The molecule has 0 heterocycles. The Kier molecular flexibility index (Phi) is 2.38. The Hall–Kier alpha value is -1.23. The van der Waals surface area contributed by atoms with E-state index in [0.717, 1.165) is 6.07 Å². The van der Waals surface area contributed by atoms with Crippen LogP contribution in [0.15, 0.2) is 18.2 Å². The van der Waals surface area contributed by atoms with E-state index in [1.165, 1.54) is 12.1 Å². The first kappa shape index (κ1) is 11.3. The minimum atomic E-state index is -2.71. The molecule has 1 aromatic carbocycles. The molecule has 1 aliphatic carbocycles. The molecule has 1 aromatic rings. The fourth-order valence-corrected chi connectivity index (χ4v) is 2.24. The van der Waals surface area contributed by atoms with Crippen LogP contribution in [0.1, 0.15) is 18.4 Å². The van der Waals surface area contributed by atoms with Crippen molar-refractivity contribution in [2.75, 3.05) is 6.54 Å². The van der Waals surface area contributed by atoms with Gasteiger partial charge in [-0.1, -0.05) is 6.07 Å². The molecule has 16 heavy (non-hydrogen) atoms. The third-order valence-electron chi connectivity index (χ3n) is 3.14. The standard InChI is InChI=1S/C11H12F3NO/c12-8-3-7(1-2-9(8)16)10(6-15)4-11(13,14)5-10/h1-3,16H,4-6,15H2. The number of halogens is 3. The fourth-order valence-electron chi connectivity index (χ4n) is 2.24. The average Bonchev–Trinajstić information content (AvgIpc) is 2.18. The Morgan fingerprint density at radius 2 is 1.94 bits per heavy atom. The molecule has 0 aromatic heterocycles. The van der Waals surface area contributed by atoms with Gasteiger partial charge in [0.25, 0.3) is 0 Å². The predicted octanol–water partition coefficient (Wildman–Crippen LogP) is 2.16. The van der Waals surface area contributed by atoms with Gasteiger partial charge >= 0.3 is 0 Å². The van der Waals surface area contributed by atoms with Crippen LogP contribution in [0.4, 0.5) is 13.2 Å². The number of rotatable bonds is 2. The van der Waals surface area contributed by atoms with E-state index in [1.54, 1.807) is 0 Å². The summed E-state index contributed by atoms with van der Waals surface area (Å²) in [7, 11) is 0. The van der Waals surface area contributed by atoms with Crippen molar-refractivity contribution in [2.24, 2.45) is 5.73 Å². The maximum Gasteiger partial charge on any atom is 0.250 e. The SMILES string of the molecule is NCC1(c2ccc(O)c(F)c2)CC(F)(F)C1. The lowest BCUT2D eigenvalue weighted by Crippen LogP contribution is -2.53. The first-order valence-corrected chi connectivity index (χ1v) is 4.95. The van der Waals surface area contributed by atoms with E-state index >= 15 is 0 Å². The van der Waals surface area contributed by atoms with Gasteiger partial charge in [0.2, 0.25) is 5.92 Å². The molecule has 2 nitrogen and oxygen atoms in total. The van der Waals surface area contributed by atoms with Crippen molar-refractivity contribution in [2.45, 2.75) is 24.2 Å². The monoisotopic (exact) mass is 231 g/mol. The average molecular weight is 231 g/mol.